The third-order valence-electron chi connectivity index (χ3n) is 3.31. The van der Waals surface area contributed by atoms with Crippen LogP contribution in [0.1, 0.15) is 17.0 Å². The molecule has 0 spiro atoms. The van der Waals surface area contributed by atoms with E-state index in [2.05, 4.69) is 5.32 Å². The van der Waals surface area contributed by atoms with Crippen molar-refractivity contribution in [2.24, 2.45) is 0 Å². The first-order valence-corrected chi connectivity index (χ1v) is 6.42. The molecule has 0 saturated carbocycles. The maximum atomic E-state index is 12.1. The number of fused-ring (bicyclic) bond motifs is 1. The molecule has 0 saturated heterocycles. The van der Waals surface area contributed by atoms with E-state index < -0.39 is 5.92 Å². The minimum atomic E-state index is -0.646. The number of rotatable bonds is 2. The van der Waals surface area contributed by atoms with Gasteiger partial charge in [-0.25, -0.2) is 0 Å². The van der Waals surface area contributed by atoms with Gasteiger partial charge in [-0.15, -0.1) is 0 Å². The van der Waals surface area contributed by atoms with E-state index in [1.165, 1.54) is 12.1 Å². The SMILES string of the molecule is N=C(c1ccc(O)cc1)C1C(=O)Nc2cc(Cl)ccc21. The monoisotopic (exact) mass is 286 g/mol. The van der Waals surface area contributed by atoms with E-state index in [1.807, 2.05) is 0 Å². The third-order valence-corrected chi connectivity index (χ3v) is 3.55. The fraction of sp³-hybridized carbons (Fsp3) is 0.0667. The van der Waals surface area contributed by atoms with E-state index in [1.54, 1.807) is 30.3 Å². The van der Waals surface area contributed by atoms with E-state index in [9.17, 15) is 9.90 Å². The highest BCUT2D eigenvalue weighted by Crippen LogP contribution is 2.36. The van der Waals surface area contributed by atoms with Crippen molar-refractivity contribution in [1.82, 2.24) is 0 Å². The predicted molar refractivity (Wildman–Crippen MR) is 77.8 cm³/mol. The summed E-state index contributed by atoms with van der Waals surface area (Å²) in [5, 5.41) is 20.8. The Kier molecular flexibility index (Phi) is 2.95. The van der Waals surface area contributed by atoms with Gasteiger partial charge < -0.3 is 15.8 Å². The molecule has 2 aromatic rings. The van der Waals surface area contributed by atoms with Gasteiger partial charge in [0.2, 0.25) is 5.91 Å². The van der Waals surface area contributed by atoms with Crippen LogP contribution in [-0.4, -0.2) is 16.7 Å². The summed E-state index contributed by atoms with van der Waals surface area (Å²) in [6, 6.07) is 11.4. The molecule has 4 nitrogen and oxygen atoms in total. The average molecular weight is 287 g/mol. The van der Waals surface area contributed by atoms with Gasteiger partial charge in [-0.2, -0.15) is 0 Å². The summed E-state index contributed by atoms with van der Waals surface area (Å²) in [7, 11) is 0. The van der Waals surface area contributed by atoms with Gasteiger partial charge in [0, 0.05) is 10.7 Å². The van der Waals surface area contributed by atoms with Crippen molar-refractivity contribution in [1.29, 1.82) is 5.41 Å². The van der Waals surface area contributed by atoms with E-state index >= 15 is 0 Å². The molecule has 100 valence electrons. The maximum Gasteiger partial charge on any atom is 0.238 e. The largest absolute Gasteiger partial charge is 0.508 e. The van der Waals surface area contributed by atoms with Crippen LogP contribution in [0.2, 0.25) is 5.02 Å². The van der Waals surface area contributed by atoms with Crippen molar-refractivity contribution in [3.05, 3.63) is 58.6 Å². The van der Waals surface area contributed by atoms with Crippen molar-refractivity contribution in [2.75, 3.05) is 5.32 Å². The van der Waals surface area contributed by atoms with Crippen LogP contribution in [0, 0.1) is 5.41 Å². The summed E-state index contributed by atoms with van der Waals surface area (Å²) in [5.41, 5.74) is 2.20. The van der Waals surface area contributed by atoms with E-state index in [0.717, 1.165) is 5.56 Å². The summed E-state index contributed by atoms with van der Waals surface area (Å²) >= 11 is 5.90. The number of hydrogen-bond acceptors (Lipinski definition) is 3. The van der Waals surface area contributed by atoms with Gasteiger partial charge in [0.15, 0.2) is 0 Å². The zero-order chi connectivity index (χ0) is 14.3. The molecule has 0 aromatic heterocycles. The molecule has 0 bridgehead atoms. The standard InChI is InChI=1S/C15H11ClN2O2/c16-9-3-6-11-12(7-9)18-15(20)13(11)14(17)8-1-4-10(19)5-2-8/h1-7,13,17,19H,(H,18,20). The van der Waals surface area contributed by atoms with E-state index in [4.69, 9.17) is 17.0 Å². The van der Waals surface area contributed by atoms with Crippen molar-refractivity contribution >= 4 is 28.9 Å². The second kappa shape index (κ2) is 4.65. The highest BCUT2D eigenvalue weighted by molar-refractivity contribution is 6.31. The van der Waals surface area contributed by atoms with Crippen LogP contribution >= 0.6 is 11.6 Å². The zero-order valence-electron chi connectivity index (χ0n) is 10.4. The molecule has 0 aliphatic carbocycles. The molecule has 1 amide bonds. The molecular formula is C15H11ClN2O2. The summed E-state index contributed by atoms with van der Waals surface area (Å²) in [4.78, 5) is 12.1. The Morgan fingerprint density at radius 1 is 1.20 bits per heavy atom. The quantitative estimate of drug-likeness (QED) is 0.742. The Bertz CT molecular complexity index is 710. The molecule has 2 aromatic carbocycles. The van der Waals surface area contributed by atoms with Gasteiger partial charge in [0.1, 0.15) is 11.7 Å². The summed E-state index contributed by atoms with van der Waals surface area (Å²) in [6.45, 7) is 0. The fourth-order valence-electron chi connectivity index (χ4n) is 2.33. The van der Waals surface area contributed by atoms with Crippen LogP contribution < -0.4 is 5.32 Å². The van der Waals surface area contributed by atoms with Gasteiger partial charge in [0.25, 0.3) is 0 Å². The van der Waals surface area contributed by atoms with E-state index in [0.29, 0.717) is 16.3 Å². The fourth-order valence-corrected chi connectivity index (χ4v) is 2.50. The molecule has 1 aliphatic rings. The number of aromatic hydroxyl groups is 1. The van der Waals surface area contributed by atoms with Crippen LogP contribution in [-0.2, 0) is 4.79 Å². The summed E-state index contributed by atoms with van der Waals surface area (Å²) < 4.78 is 0. The van der Waals surface area contributed by atoms with E-state index in [-0.39, 0.29) is 17.4 Å². The predicted octanol–water partition coefficient (Wildman–Crippen LogP) is 3.15. The lowest BCUT2D eigenvalue weighted by Crippen LogP contribution is -2.21. The zero-order valence-corrected chi connectivity index (χ0v) is 11.1. The highest BCUT2D eigenvalue weighted by atomic mass is 35.5. The van der Waals surface area contributed by atoms with Crippen LogP contribution in [0.5, 0.6) is 5.75 Å². The van der Waals surface area contributed by atoms with Crippen LogP contribution in [0.25, 0.3) is 0 Å². The number of phenols is 1. The molecular weight excluding hydrogens is 276 g/mol. The second-order valence-electron chi connectivity index (χ2n) is 4.61. The smallest absolute Gasteiger partial charge is 0.238 e. The van der Waals surface area contributed by atoms with Crippen molar-refractivity contribution in [3.8, 4) is 5.75 Å². The molecule has 1 aliphatic heterocycles. The number of carbonyl (C=O) groups excluding carboxylic acids is 1. The normalized spacial score (nSPS) is 16.6. The third kappa shape index (κ3) is 2.04. The van der Waals surface area contributed by atoms with Crippen molar-refractivity contribution in [3.63, 3.8) is 0 Å². The highest BCUT2D eigenvalue weighted by Gasteiger charge is 2.34. The molecule has 20 heavy (non-hydrogen) atoms. The summed E-state index contributed by atoms with van der Waals surface area (Å²) in [5.74, 6) is -0.753. The van der Waals surface area contributed by atoms with Crippen LogP contribution in [0.15, 0.2) is 42.5 Å². The number of halogens is 1. The number of anilines is 1. The lowest BCUT2D eigenvalue weighted by molar-refractivity contribution is -0.115. The first-order valence-electron chi connectivity index (χ1n) is 6.04. The molecule has 3 rings (SSSR count). The Morgan fingerprint density at radius 2 is 1.90 bits per heavy atom. The number of hydrogen-bond donors (Lipinski definition) is 3. The Morgan fingerprint density at radius 3 is 2.60 bits per heavy atom. The maximum absolute atomic E-state index is 12.1. The van der Waals surface area contributed by atoms with Crippen LogP contribution in [0.4, 0.5) is 5.69 Å². The second-order valence-corrected chi connectivity index (χ2v) is 5.05. The van der Waals surface area contributed by atoms with Gasteiger partial charge in [-0.3, -0.25) is 4.79 Å². The molecule has 1 unspecified atom stereocenters. The van der Waals surface area contributed by atoms with Gasteiger partial charge in [-0.1, -0.05) is 17.7 Å². The topological polar surface area (TPSA) is 73.2 Å². The number of amides is 1. The van der Waals surface area contributed by atoms with Crippen LogP contribution in [0.3, 0.4) is 0 Å². The number of phenolic OH excluding ortho intramolecular Hbond substituents is 1. The van der Waals surface area contributed by atoms with Gasteiger partial charge in [-0.05, 0) is 47.5 Å². The Balaban J connectivity index is 2.01. The molecule has 3 N–H and O–H groups in total. The minimum Gasteiger partial charge on any atom is -0.508 e. The molecule has 1 atom stereocenters. The lowest BCUT2D eigenvalue weighted by atomic mass is 9.91. The average Bonchev–Trinajstić information content (AvgIpc) is 2.73. The molecule has 1 heterocycles. The van der Waals surface area contributed by atoms with Crippen molar-refractivity contribution < 1.29 is 9.90 Å². The molecule has 0 fully saturated rings. The summed E-state index contributed by atoms with van der Waals surface area (Å²) in [6.07, 6.45) is 0. The Labute approximate surface area is 120 Å². The van der Waals surface area contributed by atoms with Crippen molar-refractivity contribution in [2.45, 2.75) is 5.92 Å². The van der Waals surface area contributed by atoms with Gasteiger partial charge >= 0.3 is 0 Å². The lowest BCUT2D eigenvalue weighted by Gasteiger charge is -2.11. The van der Waals surface area contributed by atoms with Gasteiger partial charge in [0.05, 0.1) is 5.71 Å². The molecule has 5 heteroatoms. The first-order chi connectivity index (χ1) is 9.56. The number of carbonyl (C=O) groups is 1. The Hall–Kier alpha value is -2.33. The molecule has 0 radical (unpaired) electrons. The first kappa shape index (κ1) is 12.7. The number of benzene rings is 2. The number of nitrogens with one attached hydrogen (secondary N) is 2. The minimum absolute atomic E-state index is 0.129.